The van der Waals surface area contributed by atoms with Crippen LogP contribution in [-0.2, 0) is 0 Å². The molecule has 2 nitrogen and oxygen atoms in total. The molecule has 1 aliphatic carbocycles. The van der Waals surface area contributed by atoms with Crippen molar-refractivity contribution in [1.82, 2.24) is 0 Å². The van der Waals surface area contributed by atoms with Gasteiger partial charge in [-0.25, -0.2) is 0 Å². The molecule has 0 saturated heterocycles. The molecule has 82 valence electrons. The number of allylic oxidation sites excluding steroid dienone is 2. The zero-order valence-electron chi connectivity index (χ0n) is 8.74. The molecular weight excluding hydrogens is 280 g/mol. The number of carbonyl (C=O) groups is 2. The minimum Gasteiger partial charge on any atom is -0.289 e. The van der Waals surface area contributed by atoms with Crippen molar-refractivity contribution >= 4 is 38.3 Å². The Morgan fingerprint density at radius 3 is 2.12 bits per heavy atom. The van der Waals surface area contributed by atoms with E-state index < -0.39 is 0 Å². The fourth-order valence-electron chi connectivity index (χ4n) is 2.02. The van der Waals surface area contributed by atoms with Crippen molar-refractivity contribution in [2.75, 3.05) is 0 Å². The second kappa shape index (κ2) is 3.64. The summed E-state index contributed by atoms with van der Waals surface area (Å²) < 4.78 is 0.324. The first-order chi connectivity index (χ1) is 8.16. The molecule has 0 amide bonds. The van der Waals surface area contributed by atoms with Gasteiger partial charge < -0.3 is 0 Å². The predicted octanol–water partition coefficient (Wildman–Crippen LogP) is 3.50. The van der Waals surface area contributed by atoms with Crippen LogP contribution < -0.4 is 0 Å². The smallest absolute Gasteiger partial charge is 0.200 e. The van der Waals surface area contributed by atoms with Gasteiger partial charge in [-0.3, -0.25) is 9.59 Å². The lowest BCUT2D eigenvalue weighted by Crippen LogP contribution is -2.14. The standard InChI is InChI=1S/C14H7BrO2/c15-12-7-13(16)10-5-8-3-1-2-4-9(8)6-11(10)14(12)17/h1-7H. The molecule has 0 bridgehead atoms. The summed E-state index contributed by atoms with van der Waals surface area (Å²) in [6, 6.07) is 11.2. The van der Waals surface area contributed by atoms with Gasteiger partial charge in [-0.15, -0.1) is 0 Å². The van der Waals surface area contributed by atoms with E-state index in [1.807, 2.05) is 24.3 Å². The Balaban J connectivity index is 2.38. The molecule has 1 aliphatic rings. The van der Waals surface area contributed by atoms with E-state index in [4.69, 9.17) is 0 Å². The maximum Gasteiger partial charge on any atom is 0.200 e. The summed E-state index contributed by atoms with van der Waals surface area (Å²) in [6.45, 7) is 0. The van der Waals surface area contributed by atoms with Crippen LogP contribution in [-0.4, -0.2) is 11.6 Å². The van der Waals surface area contributed by atoms with Crippen LogP contribution in [0, 0.1) is 0 Å². The molecule has 0 radical (unpaired) electrons. The van der Waals surface area contributed by atoms with Gasteiger partial charge in [0, 0.05) is 17.2 Å². The number of carbonyl (C=O) groups excluding carboxylic acids is 2. The van der Waals surface area contributed by atoms with Gasteiger partial charge in [-0.1, -0.05) is 24.3 Å². The van der Waals surface area contributed by atoms with Gasteiger partial charge in [0.05, 0.1) is 4.48 Å². The van der Waals surface area contributed by atoms with Crippen molar-refractivity contribution in [2.24, 2.45) is 0 Å². The fourth-order valence-corrected chi connectivity index (χ4v) is 2.44. The maximum atomic E-state index is 11.9. The van der Waals surface area contributed by atoms with Crippen molar-refractivity contribution in [2.45, 2.75) is 0 Å². The Morgan fingerprint density at radius 1 is 0.882 bits per heavy atom. The van der Waals surface area contributed by atoms with Crippen molar-refractivity contribution < 1.29 is 9.59 Å². The zero-order valence-corrected chi connectivity index (χ0v) is 10.3. The van der Waals surface area contributed by atoms with Crippen LogP contribution in [0.25, 0.3) is 10.8 Å². The lowest BCUT2D eigenvalue weighted by atomic mass is 9.92. The Labute approximate surface area is 106 Å². The van der Waals surface area contributed by atoms with Gasteiger partial charge in [0.25, 0.3) is 0 Å². The summed E-state index contributed by atoms with van der Waals surface area (Å²) in [5, 5.41) is 1.94. The second-order valence-corrected chi connectivity index (χ2v) is 4.78. The second-order valence-electron chi connectivity index (χ2n) is 3.93. The summed E-state index contributed by atoms with van der Waals surface area (Å²) in [6.07, 6.45) is 1.33. The van der Waals surface area contributed by atoms with Gasteiger partial charge in [-0.2, -0.15) is 0 Å². The molecule has 17 heavy (non-hydrogen) atoms. The van der Waals surface area contributed by atoms with E-state index in [9.17, 15) is 9.59 Å². The highest BCUT2D eigenvalue weighted by Gasteiger charge is 2.24. The normalized spacial score (nSPS) is 14.8. The van der Waals surface area contributed by atoms with E-state index in [1.165, 1.54) is 6.08 Å². The van der Waals surface area contributed by atoms with Crippen molar-refractivity contribution in [3.63, 3.8) is 0 Å². The van der Waals surface area contributed by atoms with Crippen LogP contribution in [0.2, 0.25) is 0 Å². The minimum absolute atomic E-state index is 0.128. The SMILES string of the molecule is O=C1C=C(Br)C(=O)c2cc3ccccc3cc21. The van der Waals surface area contributed by atoms with Crippen LogP contribution in [0.3, 0.4) is 0 Å². The van der Waals surface area contributed by atoms with Crippen LogP contribution in [0.5, 0.6) is 0 Å². The first kappa shape index (κ1) is 10.4. The Bertz CT molecular complexity index is 698. The predicted molar refractivity (Wildman–Crippen MR) is 69.6 cm³/mol. The lowest BCUT2D eigenvalue weighted by Gasteiger charge is -2.12. The number of fused-ring (bicyclic) bond motifs is 2. The summed E-state index contributed by atoms with van der Waals surface area (Å²) in [4.78, 5) is 23.8. The molecule has 3 rings (SSSR count). The zero-order chi connectivity index (χ0) is 12.0. The number of benzene rings is 2. The molecule has 2 aromatic carbocycles. The van der Waals surface area contributed by atoms with Gasteiger partial charge in [0.2, 0.25) is 5.78 Å². The first-order valence-electron chi connectivity index (χ1n) is 5.16. The van der Waals surface area contributed by atoms with Crippen molar-refractivity contribution in [1.29, 1.82) is 0 Å². The van der Waals surface area contributed by atoms with Gasteiger partial charge >= 0.3 is 0 Å². The van der Waals surface area contributed by atoms with Gasteiger partial charge in [0.15, 0.2) is 5.78 Å². The highest BCUT2D eigenvalue weighted by Crippen LogP contribution is 2.28. The molecule has 0 aliphatic heterocycles. The highest BCUT2D eigenvalue weighted by molar-refractivity contribution is 9.12. The molecule has 0 fully saturated rings. The summed E-state index contributed by atoms with van der Waals surface area (Å²) >= 11 is 3.12. The molecular formula is C14H7BrO2. The minimum atomic E-state index is -0.134. The largest absolute Gasteiger partial charge is 0.289 e. The number of Topliss-reactive ketones (excluding diaryl/α,β-unsaturated/α-hetero) is 1. The summed E-state index contributed by atoms with van der Waals surface area (Å²) in [5.41, 5.74) is 0.958. The molecule has 0 heterocycles. The number of halogens is 1. The van der Waals surface area contributed by atoms with Crippen molar-refractivity contribution in [3.8, 4) is 0 Å². The van der Waals surface area contributed by atoms with E-state index in [0.717, 1.165) is 10.8 Å². The topological polar surface area (TPSA) is 34.1 Å². The average Bonchev–Trinajstić information content (AvgIpc) is 2.34. The third-order valence-electron chi connectivity index (χ3n) is 2.87. The van der Waals surface area contributed by atoms with E-state index >= 15 is 0 Å². The number of ketones is 2. The first-order valence-corrected chi connectivity index (χ1v) is 5.95. The van der Waals surface area contributed by atoms with Crippen LogP contribution in [0.4, 0.5) is 0 Å². The molecule has 0 aromatic heterocycles. The molecule has 0 N–H and O–H groups in total. The molecule has 2 aromatic rings. The van der Waals surface area contributed by atoms with E-state index in [2.05, 4.69) is 15.9 Å². The summed E-state index contributed by atoms with van der Waals surface area (Å²) in [5.74, 6) is -0.261. The molecule has 0 spiro atoms. The van der Waals surface area contributed by atoms with E-state index in [-0.39, 0.29) is 11.6 Å². The van der Waals surface area contributed by atoms with Crippen LogP contribution >= 0.6 is 15.9 Å². The number of hydrogen-bond donors (Lipinski definition) is 0. The van der Waals surface area contributed by atoms with Gasteiger partial charge in [-0.05, 0) is 38.8 Å². The van der Waals surface area contributed by atoms with E-state index in [0.29, 0.717) is 15.6 Å². The molecule has 0 unspecified atom stereocenters. The number of rotatable bonds is 0. The molecule has 0 saturated carbocycles. The molecule has 3 heteroatoms. The monoisotopic (exact) mass is 286 g/mol. The van der Waals surface area contributed by atoms with Crippen LogP contribution in [0.15, 0.2) is 47.0 Å². The Kier molecular flexibility index (Phi) is 2.23. The lowest BCUT2D eigenvalue weighted by molar-refractivity contribution is 0.0992. The summed E-state index contributed by atoms with van der Waals surface area (Å²) in [7, 11) is 0. The van der Waals surface area contributed by atoms with Crippen LogP contribution in [0.1, 0.15) is 20.7 Å². The maximum absolute atomic E-state index is 11.9. The van der Waals surface area contributed by atoms with Crippen molar-refractivity contribution in [3.05, 3.63) is 58.1 Å². The highest BCUT2D eigenvalue weighted by atomic mass is 79.9. The third-order valence-corrected chi connectivity index (χ3v) is 3.46. The fraction of sp³-hybridized carbons (Fsp3) is 0. The number of hydrogen-bond acceptors (Lipinski definition) is 2. The Hall–Kier alpha value is -1.74. The third kappa shape index (κ3) is 1.54. The van der Waals surface area contributed by atoms with E-state index in [1.54, 1.807) is 12.1 Å². The average molecular weight is 287 g/mol. The van der Waals surface area contributed by atoms with Gasteiger partial charge in [0.1, 0.15) is 0 Å². The Morgan fingerprint density at radius 2 is 1.47 bits per heavy atom. The quantitative estimate of drug-likeness (QED) is 0.743. The molecule has 0 atom stereocenters.